The van der Waals surface area contributed by atoms with Crippen molar-refractivity contribution in [3.63, 3.8) is 0 Å². The monoisotopic (exact) mass is 468 g/mol. The summed E-state index contributed by atoms with van der Waals surface area (Å²) in [5.74, 6) is -0.649. The van der Waals surface area contributed by atoms with Gasteiger partial charge in [-0.1, -0.05) is 48.0 Å². The standard InChI is InChI=1S/C25H26ClFN4O2/c1-17-22(23(26)31(29-17)20-8-3-2-4-9-20)25(33)30-15-12-19(13-16-30)24(32)28-14-11-18-7-5-6-10-21(18)27/h2-10,19H,11-16H2,1H3,(H,28,32). The maximum atomic E-state index is 13.7. The van der Waals surface area contributed by atoms with Crippen LogP contribution in [0.25, 0.3) is 5.69 Å². The van der Waals surface area contributed by atoms with E-state index in [1.165, 1.54) is 6.07 Å². The van der Waals surface area contributed by atoms with Crippen molar-refractivity contribution in [2.45, 2.75) is 26.2 Å². The third-order valence-corrected chi connectivity index (χ3v) is 6.37. The van der Waals surface area contributed by atoms with Gasteiger partial charge in [-0.05, 0) is 49.9 Å². The molecule has 8 heteroatoms. The summed E-state index contributed by atoms with van der Waals surface area (Å²) in [6, 6.07) is 16.0. The van der Waals surface area contributed by atoms with Crippen LogP contribution < -0.4 is 5.32 Å². The zero-order chi connectivity index (χ0) is 23.4. The second-order valence-electron chi connectivity index (χ2n) is 8.20. The molecule has 2 heterocycles. The second kappa shape index (κ2) is 10.2. The van der Waals surface area contributed by atoms with E-state index in [0.717, 1.165) is 5.69 Å². The highest BCUT2D eigenvalue weighted by Gasteiger charge is 2.31. The van der Waals surface area contributed by atoms with Gasteiger partial charge in [0.1, 0.15) is 11.0 Å². The third-order valence-electron chi connectivity index (χ3n) is 6.02. The molecule has 1 saturated heterocycles. The van der Waals surface area contributed by atoms with Crippen LogP contribution in [-0.2, 0) is 11.2 Å². The van der Waals surface area contributed by atoms with Crippen LogP contribution in [0.4, 0.5) is 4.39 Å². The van der Waals surface area contributed by atoms with Crippen molar-refractivity contribution in [1.29, 1.82) is 0 Å². The zero-order valence-electron chi connectivity index (χ0n) is 18.4. The molecule has 3 aromatic rings. The largest absolute Gasteiger partial charge is 0.356 e. The Morgan fingerprint density at radius 3 is 2.45 bits per heavy atom. The van der Waals surface area contributed by atoms with Gasteiger partial charge < -0.3 is 10.2 Å². The van der Waals surface area contributed by atoms with Crippen molar-refractivity contribution in [1.82, 2.24) is 20.0 Å². The molecule has 33 heavy (non-hydrogen) atoms. The highest BCUT2D eigenvalue weighted by atomic mass is 35.5. The molecular formula is C25H26ClFN4O2. The van der Waals surface area contributed by atoms with Gasteiger partial charge in [0.15, 0.2) is 0 Å². The molecule has 1 aromatic heterocycles. The maximum absolute atomic E-state index is 13.7. The number of aromatic nitrogens is 2. The topological polar surface area (TPSA) is 67.2 Å². The first kappa shape index (κ1) is 23.0. The van der Waals surface area contributed by atoms with Crippen LogP contribution in [0, 0.1) is 18.7 Å². The highest BCUT2D eigenvalue weighted by molar-refractivity contribution is 6.33. The van der Waals surface area contributed by atoms with E-state index < -0.39 is 0 Å². The Morgan fingerprint density at radius 2 is 1.76 bits per heavy atom. The average molecular weight is 469 g/mol. The van der Waals surface area contributed by atoms with E-state index in [4.69, 9.17) is 11.6 Å². The van der Waals surface area contributed by atoms with E-state index in [1.807, 2.05) is 30.3 Å². The van der Waals surface area contributed by atoms with Crippen LogP contribution in [0.15, 0.2) is 54.6 Å². The molecule has 1 aliphatic heterocycles. The zero-order valence-corrected chi connectivity index (χ0v) is 19.2. The summed E-state index contributed by atoms with van der Waals surface area (Å²) in [5, 5.41) is 7.64. The van der Waals surface area contributed by atoms with Gasteiger partial charge in [-0.25, -0.2) is 9.07 Å². The fraction of sp³-hybridized carbons (Fsp3) is 0.320. The van der Waals surface area contributed by atoms with Crippen LogP contribution >= 0.6 is 11.6 Å². The Kier molecular flexibility index (Phi) is 7.08. The smallest absolute Gasteiger partial charge is 0.258 e. The number of hydrogen-bond donors (Lipinski definition) is 1. The van der Waals surface area contributed by atoms with Crippen molar-refractivity contribution >= 4 is 23.4 Å². The normalized spacial score (nSPS) is 14.3. The van der Waals surface area contributed by atoms with Crippen molar-refractivity contribution in [2.24, 2.45) is 5.92 Å². The predicted molar refractivity (Wildman–Crippen MR) is 125 cm³/mol. The Bertz CT molecular complexity index is 1140. The SMILES string of the molecule is Cc1nn(-c2ccccc2)c(Cl)c1C(=O)N1CCC(C(=O)NCCc2ccccc2F)CC1. The van der Waals surface area contributed by atoms with Gasteiger partial charge in [-0.3, -0.25) is 9.59 Å². The number of aryl methyl sites for hydroxylation is 1. The molecular weight excluding hydrogens is 443 g/mol. The van der Waals surface area contributed by atoms with Crippen LogP contribution in [0.2, 0.25) is 5.15 Å². The molecule has 1 aliphatic rings. The molecule has 2 aromatic carbocycles. The molecule has 2 amide bonds. The summed E-state index contributed by atoms with van der Waals surface area (Å²) in [4.78, 5) is 27.5. The van der Waals surface area contributed by atoms with Crippen molar-refractivity contribution < 1.29 is 14.0 Å². The molecule has 0 saturated carbocycles. The molecule has 0 bridgehead atoms. The number of benzene rings is 2. The fourth-order valence-electron chi connectivity index (χ4n) is 4.15. The first-order chi connectivity index (χ1) is 16.0. The number of nitrogens with one attached hydrogen (secondary N) is 1. The lowest BCUT2D eigenvalue weighted by molar-refractivity contribution is -0.126. The van der Waals surface area contributed by atoms with E-state index in [1.54, 1.807) is 34.7 Å². The van der Waals surface area contributed by atoms with Crippen molar-refractivity contribution in [2.75, 3.05) is 19.6 Å². The van der Waals surface area contributed by atoms with Gasteiger partial charge >= 0.3 is 0 Å². The average Bonchev–Trinajstić information content (AvgIpc) is 3.14. The van der Waals surface area contributed by atoms with E-state index in [0.29, 0.717) is 55.7 Å². The van der Waals surface area contributed by atoms with Crippen LogP contribution in [0.5, 0.6) is 0 Å². The van der Waals surface area contributed by atoms with Gasteiger partial charge in [0, 0.05) is 25.6 Å². The van der Waals surface area contributed by atoms with Crippen LogP contribution in [0.3, 0.4) is 0 Å². The molecule has 0 radical (unpaired) electrons. The summed E-state index contributed by atoms with van der Waals surface area (Å²) in [6.07, 6.45) is 1.58. The summed E-state index contributed by atoms with van der Waals surface area (Å²) in [7, 11) is 0. The van der Waals surface area contributed by atoms with Gasteiger partial charge in [-0.15, -0.1) is 0 Å². The number of likely N-dealkylation sites (tertiary alicyclic amines) is 1. The number of amides is 2. The predicted octanol–water partition coefficient (Wildman–Crippen LogP) is 4.18. The second-order valence-corrected chi connectivity index (χ2v) is 8.56. The number of carbonyl (C=O) groups excluding carboxylic acids is 2. The Labute approximate surface area is 197 Å². The minimum Gasteiger partial charge on any atom is -0.356 e. The molecule has 0 aliphatic carbocycles. The lowest BCUT2D eigenvalue weighted by atomic mass is 9.95. The van der Waals surface area contributed by atoms with Crippen LogP contribution in [0.1, 0.15) is 34.5 Å². The molecule has 1 fully saturated rings. The van der Waals surface area contributed by atoms with Crippen molar-refractivity contribution in [3.8, 4) is 5.69 Å². The highest BCUT2D eigenvalue weighted by Crippen LogP contribution is 2.27. The van der Waals surface area contributed by atoms with E-state index in [2.05, 4.69) is 10.4 Å². The number of halogens is 2. The minimum atomic E-state index is -0.261. The lowest BCUT2D eigenvalue weighted by Gasteiger charge is -2.31. The Balaban J connectivity index is 1.32. The summed E-state index contributed by atoms with van der Waals surface area (Å²) in [6.45, 7) is 3.09. The Morgan fingerprint density at radius 1 is 1.09 bits per heavy atom. The van der Waals surface area contributed by atoms with Gasteiger partial charge in [0.25, 0.3) is 5.91 Å². The molecule has 4 rings (SSSR count). The van der Waals surface area contributed by atoms with Gasteiger partial charge in [-0.2, -0.15) is 5.10 Å². The van der Waals surface area contributed by atoms with Gasteiger partial charge in [0.05, 0.1) is 16.9 Å². The number of piperidine rings is 1. The first-order valence-electron chi connectivity index (χ1n) is 11.1. The third kappa shape index (κ3) is 5.09. The number of nitrogens with zero attached hydrogens (tertiary/aromatic N) is 3. The van der Waals surface area contributed by atoms with E-state index in [-0.39, 0.29) is 28.7 Å². The number of rotatable bonds is 6. The van der Waals surface area contributed by atoms with Crippen LogP contribution in [-0.4, -0.2) is 46.1 Å². The quantitative estimate of drug-likeness (QED) is 0.590. The number of hydrogen-bond acceptors (Lipinski definition) is 3. The van der Waals surface area contributed by atoms with Crippen molar-refractivity contribution in [3.05, 3.63) is 82.4 Å². The van der Waals surface area contributed by atoms with E-state index >= 15 is 0 Å². The molecule has 172 valence electrons. The molecule has 0 unspecified atom stereocenters. The van der Waals surface area contributed by atoms with E-state index in [9.17, 15) is 14.0 Å². The molecule has 0 spiro atoms. The summed E-state index contributed by atoms with van der Waals surface area (Å²) < 4.78 is 15.3. The molecule has 6 nitrogen and oxygen atoms in total. The number of para-hydroxylation sites is 1. The first-order valence-corrected chi connectivity index (χ1v) is 11.4. The Hall–Kier alpha value is -3.19. The van der Waals surface area contributed by atoms with Gasteiger partial charge in [0.2, 0.25) is 5.91 Å². The minimum absolute atomic E-state index is 0.0513. The maximum Gasteiger partial charge on any atom is 0.258 e. The fourth-order valence-corrected chi connectivity index (χ4v) is 4.50. The summed E-state index contributed by atoms with van der Waals surface area (Å²) >= 11 is 6.54. The summed E-state index contributed by atoms with van der Waals surface area (Å²) in [5.41, 5.74) is 2.34. The lowest BCUT2D eigenvalue weighted by Crippen LogP contribution is -2.43. The number of carbonyl (C=O) groups is 2. The molecule has 1 N–H and O–H groups in total. The molecule has 0 atom stereocenters.